The average molecular weight is 389 g/mol. The summed E-state index contributed by atoms with van der Waals surface area (Å²) in [5, 5.41) is 8.90. The van der Waals surface area contributed by atoms with Crippen molar-refractivity contribution in [3.63, 3.8) is 0 Å². The van der Waals surface area contributed by atoms with Gasteiger partial charge in [-0.2, -0.15) is 5.26 Å². The highest BCUT2D eigenvalue weighted by Crippen LogP contribution is 2.24. The maximum absolute atomic E-state index is 12.5. The van der Waals surface area contributed by atoms with Crippen molar-refractivity contribution in [3.8, 4) is 34.1 Å². The monoisotopic (exact) mass is 389 g/mol. The van der Waals surface area contributed by atoms with E-state index < -0.39 is 5.97 Å². The Balaban J connectivity index is 1.44. The van der Waals surface area contributed by atoms with Crippen LogP contribution < -0.4 is 4.74 Å². The second kappa shape index (κ2) is 8.46. The SMILES string of the molecule is Cc1ccc(-c2ccc(C(=O)Oc3ccc(-c4ccc(C#N)cc4)cc3)cc2)cc1. The van der Waals surface area contributed by atoms with Crippen LogP contribution in [0.4, 0.5) is 0 Å². The maximum Gasteiger partial charge on any atom is 0.343 e. The number of hydrogen-bond donors (Lipinski definition) is 0. The third-order valence-corrected chi connectivity index (χ3v) is 4.92. The summed E-state index contributed by atoms with van der Waals surface area (Å²) in [6.45, 7) is 2.06. The number of aryl methyl sites for hydroxylation is 1. The highest BCUT2D eigenvalue weighted by Gasteiger charge is 2.09. The van der Waals surface area contributed by atoms with Gasteiger partial charge in [0, 0.05) is 0 Å². The minimum absolute atomic E-state index is 0.392. The van der Waals surface area contributed by atoms with E-state index >= 15 is 0 Å². The highest BCUT2D eigenvalue weighted by atomic mass is 16.5. The summed E-state index contributed by atoms with van der Waals surface area (Å²) >= 11 is 0. The number of esters is 1. The van der Waals surface area contributed by atoms with Gasteiger partial charge >= 0.3 is 5.97 Å². The Kier molecular flexibility index (Phi) is 5.41. The molecule has 0 N–H and O–H groups in total. The van der Waals surface area contributed by atoms with Gasteiger partial charge in [0.15, 0.2) is 0 Å². The molecule has 0 aliphatic rings. The molecule has 0 heterocycles. The molecule has 0 fully saturated rings. The molecule has 0 bridgehead atoms. The van der Waals surface area contributed by atoms with Crippen LogP contribution in [0.1, 0.15) is 21.5 Å². The topological polar surface area (TPSA) is 50.1 Å². The smallest absolute Gasteiger partial charge is 0.343 e. The molecule has 4 aromatic carbocycles. The third kappa shape index (κ3) is 4.29. The molecule has 3 nitrogen and oxygen atoms in total. The number of nitrogens with zero attached hydrogens (tertiary/aromatic N) is 1. The van der Waals surface area contributed by atoms with Crippen molar-refractivity contribution in [3.05, 3.63) is 114 Å². The van der Waals surface area contributed by atoms with Crippen LogP contribution in [0.5, 0.6) is 5.75 Å². The zero-order valence-corrected chi connectivity index (χ0v) is 16.5. The fourth-order valence-corrected chi connectivity index (χ4v) is 3.16. The van der Waals surface area contributed by atoms with Gasteiger partial charge in [-0.25, -0.2) is 4.79 Å². The van der Waals surface area contributed by atoms with Gasteiger partial charge in [0.2, 0.25) is 0 Å². The molecule has 144 valence electrons. The quantitative estimate of drug-likeness (QED) is 0.299. The summed E-state index contributed by atoms with van der Waals surface area (Å²) in [7, 11) is 0. The van der Waals surface area contributed by atoms with Crippen LogP contribution in [-0.2, 0) is 0 Å². The molecule has 0 aromatic heterocycles. The standard InChI is InChI=1S/C27H19NO2/c1-19-2-6-21(7-3-19)23-10-12-25(13-11-23)27(29)30-26-16-14-24(15-17-26)22-8-4-20(18-28)5-9-22/h2-17H,1H3. The Hall–Kier alpha value is -4.16. The minimum Gasteiger partial charge on any atom is -0.423 e. The summed E-state index contributed by atoms with van der Waals surface area (Å²) in [6.07, 6.45) is 0. The molecule has 0 spiro atoms. The number of nitriles is 1. The van der Waals surface area contributed by atoms with Crippen LogP contribution in [0, 0.1) is 18.3 Å². The summed E-state index contributed by atoms with van der Waals surface area (Å²) in [5.41, 5.74) is 6.49. The Labute approximate surface area is 175 Å². The number of carbonyl (C=O) groups is 1. The molecule has 0 aliphatic carbocycles. The molecule has 0 atom stereocenters. The van der Waals surface area contributed by atoms with E-state index in [1.165, 1.54) is 5.56 Å². The molecular weight excluding hydrogens is 370 g/mol. The predicted molar refractivity (Wildman–Crippen MR) is 118 cm³/mol. The number of ether oxygens (including phenoxy) is 1. The Morgan fingerprint density at radius 1 is 0.667 bits per heavy atom. The van der Waals surface area contributed by atoms with Crippen LogP contribution in [0.2, 0.25) is 0 Å². The van der Waals surface area contributed by atoms with E-state index in [1.54, 1.807) is 36.4 Å². The molecule has 0 radical (unpaired) electrons. The largest absolute Gasteiger partial charge is 0.423 e. The number of hydrogen-bond acceptors (Lipinski definition) is 3. The van der Waals surface area contributed by atoms with Gasteiger partial charge in [0.25, 0.3) is 0 Å². The fraction of sp³-hybridized carbons (Fsp3) is 0.0370. The molecule has 30 heavy (non-hydrogen) atoms. The van der Waals surface area contributed by atoms with Gasteiger partial charge in [-0.1, -0.05) is 66.2 Å². The van der Waals surface area contributed by atoms with E-state index in [4.69, 9.17) is 10.00 Å². The van der Waals surface area contributed by atoms with Gasteiger partial charge in [-0.3, -0.25) is 0 Å². The van der Waals surface area contributed by atoms with Crippen molar-refractivity contribution < 1.29 is 9.53 Å². The first-order valence-electron chi connectivity index (χ1n) is 9.62. The summed E-state index contributed by atoms with van der Waals surface area (Å²) in [5.74, 6) is 0.0941. The lowest BCUT2D eigenvalue weighted by molar-refractivity contribution is 0.0735. The second-order valence-electron chi connectivity index (χ2n) is 7.05. The minimum atomic E-state index is -0.392. The van der Waals surface area contributed by atoms with Crippen molar-refractivity contribution >= 4 is 5.97 Å². The number of carbonyl (C=O) groups excluding carboxylic acids is 1. The van der Waals surface area contributed by atoms with Crippen molar-refractivity contribution in [2.45, 2.75) is 6.92 Å². The lowest BCUT2D eigenvalue weighted by Gasteiger charge is -2.07. The van der Waals surface area contributed by atoms with E-state index in [0.717, 1.165) is 22.3 Å². The molecule has 0 aliphatic heterocycles. The van der Waals surface area contributed by atoms with Gasteiger partial charge in [-0.15, -0.1) is 0 Å². The zero-order chi connectivity index (χ0) is 20.9. The van der Waals surface area contributed by atoms with Crippen molar-refractivity contribution in [2.24, 2.45) is 0 Å². The maximum atomic E-state index is 12.5. The van der Waals surface area contributed by atoms with E-state index in [2.05, 4.69) is 37.3 Å². The third-order valence-electron chi connectivity index (χ3n) is 4.92. The lowest BCUT2D eigenvalue weighted by atomic mass is 10.0. The Morgan fingerprint density at radius 3 is 1.60 bits per heavy atom. The van der Waals surface area contributed by atoms with Gasteiger partial charge < -0.3 is 4.74 Å². The van der Waals surface area contributed by atoms with Gasteiger partial charge in [0.05, 0.1) is 17.2 Å². The number of rotatable bonds is 4. The molecule has 0 saturated heterocycles. The van der Waals surface area contributed by atoms with Gasteiger partial charge in [0.1, 0.15) is 5.75 Å². The lowest BCUT2D eigenvalue weighted by Crippen LogP contribution is -2.08. The van der Waals surface area contributed by atoms with E-state index in [9.17, 15) is 4.79 Å². The fourth-order valence-electron chi connectivity index (χ4n) is 3.16. The Morgan fingerprint density at radius 2 is 1.10 bits per heavy atom. The molecule has 0 saturated carbocycles. The van der Waals surface area contributed by atoms with E-state index in [0.29, 0.717) is 16.9 Å². The molecule has 0 unspecified atom stereocenters. The van der Waals surface area contributed by atoms with Crippen LogP contribution in [0.15, 0.2) is 97.1 Å². The first-order chi connectivity index (χ1) is 14.6. The van der Waals surface area contributed by atoms with Gasteiger partial charge in [-0.05, 0) is 65.6 Å². The van der Waals surface area contributed by atoms with Crippen molar-refractivity contribution in [1.29, 1.82) is 5.26 Å². The van der Waals surface area contributed by atoms with E-state index in [-0.39, 0.29) is 0 Å². The van der Waals surface area contributed by atoms with Crippen LogP contribution >= 0.6 is 0 Å². The zero-order valence-electron chi connectivity index (χ0n) is 16.5. The van der Waals surface area contributed by atoms with Crippen molar-refractivity contribution in [1.82, 2.24) is 0 Å². The molecule has 0 amide bonds. The van der Waals surface area contributed by atoms with Crippen LogP contribution in [-0.4, -0.2) is 5.97 Å². The summed E-state index contributed by atoms with van der Waals surface area (Å²) in [6, 6.07) is 32.5. The van der Waals surface area contributed by atoms with Crippen LogP contribution in [0.25, 0.3) is 22.3 Å². The summed E-state index contributed by atoms with van der Waals surface area (Å²) < 4.78 is 5.51. The normalized spacial score (nSPS) is 10.3. The predicted octanol–water partition coefficient (Wildman–Crippen LogP) is 6.42. The highest BCUT2D eigenvalue weighted by molar-refractivity contribution is 5.91. The van der Waals surface area contributed by atoms with Crippen LogP contribution in [0.3, 0.4) is 0 Å². The first-order valence-corrected chi connectivity index (χ1v) is 9.62. The molecule has 3 heteroatoms. The Bertz CT molecular complexity index is 1200. The molecule has 4 aromatic rings. The first kappa shape index (κ1) is 19.2. The molecular formula is C27H19NO2. The number of benzene rings is 4. The van der Waals surface area contributed by atoms with E-state index in [1.807, 2.05) is 36.4 Å². The summed E-state index contributed by atoms with van der Waals surface area (Å²) in [4.78, 5) is 12.5. The average Bonchev–Trinajstić information content (AvgIpc) is 2.80. The second-order valence-corrected chi connectivity index (χ2v) is 7.05. The van der Waals surface area contributed by atoms with Crippen molar-refractivity contribution in [2.75, 3.05) is 0 Å². The molecule has 4 rings (SSSR count).